The molecule has 1 aromatic rings. The van der Waals surface area contributed by atoms with E-state index in [1.165, 1.54) is 6.20 Å². The van der Waals surface area contributed by atoms with Crippen molar-refractivity contribution < 1.29 is 55.9 Å². The van der Waals surface area contributed by atoms with Gasteiger partial charge >= 0.3 is 31.4 Å². The normalized spacial score (nSPS) is 20.9. The number of hydrogen-bond acceptors (Lipinski definition) is 14. The molecule has 0 spiro atoms. The number of carbonyl (C=O) groups excluding carboxylic acids is 3. The summed E-state index contributed by atoms with van der Waals surface area (Å²) in [7, 11) is -4.65. The lowest BCUT2D eigenvalue weighted by atomic mass is 9.90. The van der Waals surface area contributed by atoms with Gasteiger partial charge in [0.15, 0.2) is 6.73 Å². The minimum atomic E-state index is -4.65. The molecule has 1 aliphatic heterocycles. The van der Waals surface area contributed by atoms with Gasteiger partial charge in [-0.1, -0.05) is 41.5 Å². The van der Waals surface area contributed by atoms with E-state index in [0.29, 0.717) is 4.57 Å². The Bertz CT molecular complexity index is 1330. The van der Waals surface area contributed by atoms with Crippen molar-refractivity contribution in [1.29, 1.82) is 0 Å². The van der Waals surface area contributed by atoms with Gasteiger partial charge in [-0.15, -0.1) is 0 Å². The van der Waals surface area contributed by atoms with E-state index < -0.39 is 99.6 Å². The monoisotopic (exact) mass is 667 g/mol. The molecule has 1 saturated heterocycles. The third kappa shape index (κ3) is 10.3. The Morgan fingerprint density at radius 3 is 2.02 bits per heavy atom. The van der Waals surface area contributed by atoms with Gasteiger partial charge in [0, 0.05) is 18.7 Å². The molecular formula is C27H43FN3O13P. The molecule has 0 bridgehead atoms. The molecule has 0 saturated carbocycles. The Kier molecular flexibility index (Phi) is 13.6. The van der Waals surface area contributed by atoms with E-state index in [-0.39, 0.29) is 18.9 Å². The average Bonchev–Trinajstić information content (AvgIpc) is 3.32. The molecule has 18 heteroatoms. The number of aromatic nitrogens is 2. The molecule has 0 aliphatic carbocycles. The third-order valence-corrected chi connectivity index (χ3v) is 8.15. The van der Waals surface area contributed by atoms with Gasteiger partial charge in [-0.2, -0.15) is 0 Å². The summed E-state index contributed by atoms with van der Waals surface area (Å²) in [5.74, 6) is -3.45. The van der Waals surface area contributed by atoms with Gasteiger partial charge in [0.1, 0.15) is 18.3 Å². The van der Waals surface area contributed by atoms with Crippen molar-refractivity contribution in [2.45, 2.75) is 78.8 Å². The van der Waals surface area contributed by atoms with Gasteiger partial charge in [-0.25, -0.2) is 27.4 Å². The number of alkyl halides is 1. The molecule has 2 heterocycles. The first-order valence-corrected chi connectivity index (χ1v) is 15.7. The van der Waals surface area contributed by atoms with Crippen molar-refractivity contribution in [3.8, 4) is 0 Å². The first-order valence-electron chi connectivity index (χ1n) is 14.2. The molecule has 3 unspecified atom stereocenters. The van der Waals surface area contributed by atoms with Crippen LogP contribution in [0.4, 0.5) is 4.39 Å². The highest BCUT2D eigenvalue weighted by atomic mass is 31.2. The average molecular weight is 668 g/mol. The second-order valence-corrected chi connectivity index (χ2v) is 13.5. The van der Waals surface area contributed by atoms with Gasteiger partial charge in [-0.05, 0) is 12.8 Å². The fourth-order valence-corrected chi connectivity index (χ4v) is 4.94. The summed E-state index contributed by atoms with van der Waals surface area (Å²) >= 11 is 0. The predicted octanol–water partition coefficient (Wildman–Crippen LogP) is 1.81. The van der Waals surface area contributed by atoms with Crippen molar-refractivity contribution in [2.75, 3.05) is 33.5 Å². The van der Waals surface area contributed by atoms with Gasteiger partial charge in [-0.3, -0.25) is 28.3 Å². The molecule has 0 aromatic carbocycles. The Morgan fingerprint density at radius 1 is 0.978 bits per heavy atom. The number of esters is 3. The van der Waals surface area contributed by atoms with Crippen molar-refractivity contribution >= 4 is 25.7 Å². The standard InChI is InChI=1S/C27H43FN3O13P/c1-17(2)21(29)24(35)38-14-30-20(32)8-9-31(25(30)36)26(7)10-27(11-28,41-12-26)13-42-45(37,43-15-39-22(33)18(3)4)44-16-40-23(34)19(5)6/h8-9,17-19,21H,10-16,29H2,1-7H3. The molecule has 0 radical (unpaired) electrons. The van der Waals surface area contributed by atoms with E-state index >= 15 is 0 Å². The van der Waals surface area contributed by atoms with Crippen LogP contribution in [0.3, 0.4) is 0 Å². The zero-order valence-corrected chi connectivity index (χ0v) is 27.4. The molecule has 2 rings (SSSR count). The van der Waals surface area contributed by atoms with Crippen molar-refractivity contribution in [1.82, 2.24) is 9.13 Å². The lowest BCUT2D eigenvalue weighted by molar-refractivity contribution is -0.158. The van der Waals surface area contributed by atoms with E-state index in [4.69, 9.17) is 38.3 Å². The molecule has 1 fully saturated rings. The third-order valence-electron chi connectivity index (χ3n) is 6.87. The number of ether oxygens (including phenoxy) is 4. The number of nitrogens with two attached hydrogens (primary N) is 1. The van der Waals surface area contributed by atoms with E-state index in [1.807, 2.05) is 0 Å². The van der Waals surface area contributed by atoms with Crippen LogP contribution in [-0.4, -0.2) is 72.2 Å². The van der Waals surface area contributed by atoms with E-state index in [2.05, 4.69) is 0 Å². The van der Waals surface area contributed by atoms with Crippen LogP contribution in [-0.2, 0) is 63.7 Å². The van der Waals surface area contributed by atoms with Gasteiger partial charge < -0.3 is 24.7 Å². The van der Waals surface area contributed by atoms with E-state index in [1.54, 1.807) is 48.5 Å². The van der Waals surface area contributed by atoms with Crippen LogP contribution in [0, 0.1) is 17.8 Å². The maximum atomic E-state index is 14.5. The quantitative estimate of drug-likeness (QED) is 0.109. The van der Waals surface area contributed by atoms with Crippen LogP contribution in [0.5, 0.6) is 0 Å². The Labute approximate surface area is 259 Å². The lowest BCUT2D eigenvalue weighted by Crippen LogP contribution is -2.49. The summed E-state index contributed by atoms with van der Waals surface area (Å²) in [6, 6.07) is 0.104. The van der Waals surface area contributed by atoms with Gasteiger partial charge in [0.05, 0.1) is 30.6 Å². The summed E-state index contributed by atoms with van der Waals surface area (Å²) in [5.41, 5.74) is 1.11. The highest BCUT2D eigenvalue weighted by molar-refractivity contribution is 7.48. The highest BCUT2D eigenvalue weighted by Crippen LogP contribution is 2.51. The van der Waals surface area contributed by atoms with Gasteiger partial charge in [0.2, 0.25) is 13.6 Å². The molecule has 0 amide bonds. The van der Waals surface area contributed by atoms with Crippen LogP contribution >= 0.6 is 7.82 Å². The number of phosphoric ester groups is 1. The van der Waals surface area contributed by atoms with Crippen LogP contribution in [0.25, 0.3) is 0 Å². The summed E-state index contributed by atoms with van der Waals surface area (Å²) < 4.78 is 65.7. The molecule has 16 nitrogen and oxygen atoms in total. The van der Waals surface area contributed by atoms with Crippen LogP contribution < -0.4 is 17.0 Å². The number of hydrogen-bond donors (Lipinski definition) is 1. The maximum absolute atomic E-state index is 14.5. The fraction of sp³-hybridized carbons (Fsp3) is 0.741. The molecule has 1 aliphatic rings. The molecule has 45 heavy (non-hydrogen) atoms. The number of rotatable bonds is 17. The van der Waals surface area contributed by atoms with E-state index in [0.717, 1.165) is 10.6 Å². The Hall–Kier alpha value is -2.95. The SMILES string of the molecule is CC(C)C(=O)OCOP(=O)(OCOC(=O)C(C)C)OCC1(CF)CC(C)(n2ccc(=O)n(COC(=O)C(N)C(C)C)c2=O)CO1. The summed E-state index contributed by atoms with van der Waals surface area (Å²) in [6.07, 6.45) is 0.974. The van der Waals surface area contributed by atoms with Gasteiger partial charge in [0.25, 0.3) is 5.56 Å². The zero-order valence-electron chi connectivity index (χ0n) is 26.5. The lowest BCUT2D eigenvalue weighted by Gasteiger charge is -2.30. The van der Waals surface area contributed by atoms with Crippen LogP contribution in [0.1, 0.15) is 54.9 Å². The molecule has 256 valence electrons. The van der Waals surface area contributed by atoms with E-state index in [9.17, 15) is 32.9 Å². The second kappa shape index (κ2) is 16.1. The minimum absolute atomic E-state index is 0.225. The van der Waals surface area contributed by atoms with Crippen molar-refractivity contribution in [3.63, 3.8) is 0 Å². The van der Waals surface area contributed by atoms with Crippen LogP contribution in [0.2, 0.25) is 0 Å². The minimum Gasteiger partial charge on any atom is -0.442 e. The molecule has 3 atom stereocenters. The zero-order chi connectivity index (χ0) is 34.2. The number of nitrogens with zero attached hydrogens (tertiary/aromatic N) is 2. The molecular weight excluding hydrogens is 624 g/mol. The maximum Gasteiger partial charge on any atom is 0.480 e. The number of carbonyl (C=O) groups is 3. The first kappa shape index (κ1) is 38.2. The van der Waals surface area contributed by atoms with Crippen LogP contribution in [0.15, 0.2) is 21.9 Å². The predicted molar refractivity (Wildman–Crippen MR) is 154 cm³/mol. The Morgan fingerprint density at radius 2 is 1.53 bits per heavy atom. The molecule has 2 N–H and O–H groups in total. The second-order valence-electron chi connectivity index (χ2n) is 11.8. The van der Waals surface area contributed by atoms with Crippen molar-refractivity contribution in [3.05, 3.63) is 33.1 Å². The molecule has 1 aromatic heterocycles. The smallest absolute Gasteiger partial charge is 0.442 e. The fourth-order valence-electron chi connectivity index (χ4n) is 3.96. The number of phosphoric acid groups is 1. The largest absolute Gasteiger partial charge is 0.480 e. The van der Waals surface area contributed by atoms with Crippen molar-refractivity contribution in [2.24, 2.45) is 23.5 Å². The Balaban J connectivity index is 2.23. The summed E-state index contributed by atoms with van der Waals surface area (Å²) in [4.78, 5) is 61.5. The number of halogens is 1. The first-order chi connectivity index (χ1) is 20.9. The summed E-state index contributed by atoms with van der Waals surface area (Å²) in [5, 5.41) is 0. The summed E-state index contributed by atoms with van der Waals surface area (Å²) in [6.45, 7) is 6.66. The highest BCUT2D eigenvalue weighted by Gasteiger charge is 2.50. The topological polar surface area (TPSA) is 203 Å².